The minimum absolute atomic E-state index is 0.0762. The monoisotopic (exact) mass is 408 g/mol. The number of benzene rings is 1. The van der Waals surface area contributed by atoms with E-state index in [0.717, 1.165) is 12.8 Å². The molecule has 162 valence electrons. The van der Waals surface area contributed by atoms with E-state index in [0.29, 0.717) is 38.0 Å². The Labute approximate surface area is 172 Å². The van der Waals surface area contributed by atoms with Gasteiger partial charge in [0.05, 0.1) is 0 Å². The maximum absolute atomic E-state index is 13.8. The van der Waals surface area contributed by atoms with Crippen LogP contribution in [0.15, 0.2) is 24.3 Å². The van der Waals surface area contributed by atoms with Crippen LogP contribution in [0.3, 0.4) is 0 Å². The van der Waals surface area contributed by atoms with Gasteiger partial charge in [-0.05, 0) is 57.6 Å². The molecule has 0 radical (unpaired) electrons. The minimum atomic E-state index is -0.514. The van der Waals surface area contributed by atoms with Gasteiger partial charge in [0.15, 0.2) is 0 Å². The number of likely N-dealkylation sites (tertiary alicyclic amines) is 1. The van der Waals surface area contributed by atoms with Crippen molar-refractivity contribution in [1.82, 2.24) is 10.2 Å². The number of nitrogens with zero attached hydrogens (tertiary/aromatic N) is 1. The van der Waals surface area contributed by atoms with Gasteiger partial charge in [0.25, 0.3) is 0 Å². The largest absolute Gasteiger partial charge is 0.444 e. The maximum Gasteiger partial charge on any atom is 0.410 e. The standard InChI is InChI=1S/C22H33FN2O4/c1-22(2,3)29-21(28)25-10-8-16(9-11-25)13-20(27)24-14-17(15-26)12-18-6-4-5-7-19(18)23/h4-7,16-17,26H,8-15H2,1-3H3,(H,24,27)/t17-/m1/s1. The molecule has 0 saturated carbocycles. The number of hydrogen-bond acceptors (Lipinski definition) is 4. The van der Waals surface area contributed by atoms with Crippen molar-refractivity contribution in [2.24, 2.45) is 11.8 Å². The summed E-state index contributed by atoms with van der Waals surface area (Å²) in [6, 6.07) is 6.47. The first-order valence-electron chi connectivity index (χ1n) is 10.3. The Morgan fingerprint density at radius 1 is 1.28 bits per heavy atom. The van der Waals surface area contributed by atoms with Crippen molar-refractivity contribution in [1.29, 1.82) is 0 Å². The van der Waals surface area contributed by atoms with Crippen LogP contribution in [0.25, 0.3) is 0 Å². The van der Waals surface area contributed by atoms with Crippen molar-refractivity contribution in [2.75, 3.05) is 26.2 Å². The predicted molar refractivity (Wildman–Crippen MR) is 109 cm³/mol. The van der Waals surface area contributed by atoms with E-state index in [2.05, 4.69) is 5.32 Å². The van der Waals surface area contributed by atoms with Gasteiger partial charge in [-0.1, -0.05) is 18.2 Å². The van der Waals surface area contributed by atoms with Gasteiger partial charge in [-0.25, -0.2) is 9.18 Å². The molecule has 2 N–H and O–H groups in total. The number of carbonyl (C=O) groups excluding carboxylic acids is 2. The number of nitrogens with one attached hydrogen (secondary N) is 1. The second-order valence-corrected chi connectivity index (χ2v) is 8.76. The van der Waals surface area contributed by atoms with E-state index < -0.39 is 5.60 Å². The van der Waals surface area contributed by atoms with Crippen LogP contribution in [0.2, 0.25) is 0 Å². The first-order valence-corrected chi connectivity index (χ1v) is 10.3. The molecule has 1 fully saturated rings. The van der Waals surface area contributed by atoms with Crippen LogP contribution in [0, 0.1) is 17.7 Å². The van der Waals surface area contributed by atoms with E-state index in [1.54, 1.807) is 23.1 Å². The van der Waals surface area contributed by atoms with Gasteiger partial charge in [-0.2, -0.15) is 0 Å². The van der Waals surface area contributed by atoms with Crippen LogP contribution in [-0.4, -0.2) is 53.8 Å². The van der Waals surface area contributed by atoms with Crippen LogP contribution in [0.1, 0.15) is 45.6 Å². The normalized spacial score (nSPS) is 16.4. The SMILES string of the molecule is CC(C)(C)OC(=O)N1CCC(CC(=O)NC[C@H](CO)Cc2ccccc2F)CC1. The van der Waals surface area contributed by atoms with Gasteiger partial charge in [0, 0.05) is 38.6 Å². The van der Waals surface area contributed by atoms with Gasteiger partial charge in [0.2, 0.25) is 5.91 Å². The highest BCUT2D eigenvalue weighted by atomic mass is 19.1. The molecule has 2 rings (SSSR count). The summed E-state index contributed by atoms with van der Waals surface area (Å²) in [7, 11) is 0. The summed E-state index contributed by atoms with van der Waals surface area (Å²) in [5, 5.41) is 12.4. The molecule has 1 aliphatic rings. The van der Waals surface area contributed by atoms with Gasteiger partial charge < -0.3 is 20.1 Å². The van der Waals surface area contributed by atoms with E-state index in [9.17, 15) is 19.1 Å². The molecule has 1 heterocycles. The van der Waals surface area contributed by atoms with E-state index in [1.807, 2.05) is 20.8 Å². The van der Waals surface area contributed by atoms with E-state index in [-0.39, 0.29) is 36.3 Å². The first-order chi connectivity index (χ1) is 13.7. The molecular formula is C22H33FN2O4. The van der Waals surface area contributed by atoms with Crippen molar-refractivity contribution in [3.05, 3.63) is 35.6 Å². The molecule has 6 nitrogen and oxygen atoms in total. The lowest BCUT2D eigenvalue weighted by Gasteiger charge is -2.33. The average Bonchev–Trinajstić information content (AvgIpc) is 2.65. The topological polar surface area (TPSA) is 78.9 Å². The number of halogens is 1. The lowest BCUT2D eigenvalue weighted by atomic mass is 9.93. The zero-order valence-electron chi connectivity index (χ0n) is 17.6. The van der Waals surface area contributed by atoms with Crippen molar-refractivity contribution in [2.45, 2.75) is 52.1 Å². The molecule has 0 unspecified atom stereocenters. The van der Waals surface area contributed by atoms with Crippen LogP contribution < -0.4 is 5.32 Å². The first kappa shape index (κ1) is 23.1. The zero-order chi connectivity index (χ0) is 21.4. The highest BCUT2D eigenvalue weighted by Crippen LogP contribution is 2.22. The third-order valence-electron chi connectivity index (χ3n) is 5.05. The fraction of sp³-hybridized carbons (Fsp3) is 0.636. The molecule has 1 saturated heterocycles. The zero-order valence-corrected chi connectivity index (χ0v) is 17.6. The second kappa shape index (κ2) is 10.6. The predicted octanol–water partition coefficient (Wildman–Crippen LogP) is 3.13. The summed E-state index contributed by atoms with van der Waals surface area (Å²) in [5.41, 5.74) is 0.0232. The number of ether oxygens (including phenoxy) is 1. The van der Waals surface area contributed by atoms with Crippen LogP contribution in [0.5, 0.6) is 0 Å². The lowest BCUT2D eigenvalue weighted by molar-refractivity contribution is -0.122. The van der Waals surface area contributed by atoms with E-state index >= 15 is 0 Å². The number of rotatable bonds is 7. The van der Waals surface area contributed by atoms with Crippen LogP contribution >= 0.6 is 0 Å². The third kappa shape index (κ3) is 8.01. The molecule has 0 spiro atoms. The highest BCUT2D eigenvalue weighted by Gasteiger charge is 2.27. The van der Waals surface area contributed by atoms with Crippen molar-refractivity contribution < 1.29 is 23.8 Å². The smallest absolute Gasteiger partial charge is 0.410 e. The average molecular weight is 409 g/mol. The summed E-state index contributed by atoms with van der Waals surface area (Å²) in [6.07, 6.45) is 1.97. The molecule has 1 aromatic rings. The van der Waals surface area contributed by atoms with Crippen LogP contribution in [-0.2, 0) is 16.0 Å². The number of hydrogen-bond donors (Lipinski definition) is 2. The Morgan fingerprint density at radius 2 is 1.93 bits per heavy atom. The van der Waals surface area contributed by atoms with Gasteiger partial charge in [-0.3, -0.25) is 4.79 Å². The lowest BCUT2D eigenvalue weighted by Crippen LogP contribution is -2.42. The Morgan fingerprint density at radius 3 is 2.52 bits per heavy atom. The molecule has 7 heteroatoms. The third-order valence-corrected chi connectivity index (χ3v) is 5.05. The molecule has 1 aliphatic heterocycles. The molecule has 1 aromatic carbocycles. The van der Waals surface area contributed by atoms with Crippen molar-refractivity contribution >= 4 is 12.0 Å². The fourth-order valence-electron chi connectivity index (χ4n) is 3.41. The van der Waals surface area contributed by atoms with Gasteiger partial charge in [-0.15, -0.1) is 0 Å². The molecule has 29 heavy (non-hydrogen) atoms. The number of aliphatic hydroxyl groups excluding tert-OH is 1. The Hall–Kier alpha value is -2.15. The second-order valence-electron chi connectivity index (χ2n) is 8.76. The summed E-state index contributed by atoms with van der Waals surface area (Å²) in [4.78, 5) is 26.1. The van der Waals surface area contributed by atoms with Crippen molar-refractivity contribution in [3.8, 4) is 0 Å². The number of amides is 2. The van der Waals surface area contributed by atoms with Gasteiger partial charge >= 0.3 is 6.09 Å². The summed E-state index contributed by atoms with van der Waals surface area (Å²) in [6.45, 7) is 6.87. The number of piperidine rings is 1. The molecule has 0 aliphatic carbocycles. The molecular weight excluding hydrogens is 375 g/mol. The van der Waals surface area contributed by atoms with Crippen molar-refractivity contribution in [3.63, 3.8) is 0 Å². The number of carbonyl (C=O) groups is 2. The molecule has 0 aromatic heterocycles. The summed E-state index contributed by atoms with van der Waals surface area (Å²) >= 11 is 0. The van der Waals surface area contributed by atoms with Gasteiger partial charge in [0.1, 0.15) is 11.4 Å². The van der Waals surface area contributed by atoms with Crippen LogP contribution in [0.4, 0.5) is 9.18 Å². The fourth-order valence-corrected chi connectivity index (χ4v) is 3.41. The molecule has 2 amide bonds. The molecule has 1 atom stereocenters. The molecule has 0 bridgehead atoms. The maximum atomic E-state index is 13.8. The Balaban J connectivity index is 1.71. The van der Waals surface area contributed by atoms with E-state index in [1.165, 1.54) is 6.07 Å². The van der Waals surface area contributed by atoms with E-state index in [4.69, 9.17) is 4.74 Å². The number of aliphatic hydroxyl groups is 1. The Kier molecular flexibility index (Phi) is 8.44. The summed E-state index contributed by atoms with van der Waals surface area (Å²) in [5.74, 6) is -0.389. The minimum Gasteiger partial charge on any atom is -0.444 e. The quantitative estimate of drug-likeness (QED) is 0.727. The Bertz CT molecular complexity index is 682. The summed E-state index contributed by atoms with van der Waals surface area (Å²) < 4.78 is 19.2. The highest BCUT2D eigenvalue weighted by molar-refractivity contribution is 5.76.